The van der Waals surface area contributed by atoms with E-state index in [1.165, 1.54) is 44.4 Å². The van der Waals surface area contributed by atoms with Crippen LogP contribution in [-0.2, 0) is 14.8 Å². The number of halogens is 1. The molecule has 0 aliphatic rings. The molecule has 1 amide bonds. The van der Waals surface area contributed by atoms with Crippen molar-refractivity contribution in [2.45, 2.75) is 44.8 Å². The van der Waals surface area contributed by atoms with Gasteiger partial charge in [-0.15, -0.1) is 0 Å². The first-order valence-electron chi connectivity index (χ1n) is 11.4. The van der Waals surface area contributed by atoms with E-state index in [4.69, 9.17) is 5.73 Å². The number of carbonyl (C=O) groups is 1. The van der Waals surface area contributed by atoms with Gasteiger partial charge in [0.1, 0.15) is 5.82 Å². The van der Waals surface area contributed by atoms with Crippen molar-refractivity contribution in [2.24, 2.45) is 10.7 Å². The number of benzene rings is 1. The second kappa shape index (κ2) is 12.7. The van der Waals surface area contributed by atoms with E-state index in [1.807, 2.05) is 13.8 Å². The molecule has 0 saturated heterocycles. The van der Waals surface area contributed by atoms with Crippen molar-refractivity contribution in [2.75, 3.05) is 24.7 Å². The lowest BCUT2D eigenvalue weighted by molar-refractivity contribution is -0.121. The zero-order valence-electron chi connectivity index (χ0n) is 21.4. The average molecular weight is 537 g/mol. The Kier molecular flexibility index (Phi) is 10.2. The lowest BCUT2D eigenvalue weighted by atomic mass is 9.97. The van der Waals surface area contributed by atoms with Gasteiger partial charge in [-0.2, -0.15) is 0 Å². The van der Waals surface area contributed by atoms with Gasteiger partial charge in [-0.1, -0.05) is 26.0 Å². The first-order valence-corrected chi connectivity index (χ1v) is 13.3. The van der Waals surface area contributed by atoms with Crippen LogP contribution in [0, 0.1) is 5.82 Å². The van der Waals surface area contributed by atoms with Gasteiger partial charge in [0.25, 0.3) is 0 Å². The fourth-order valence-corrected chi connectivity index (χ4v) is 3.69. The highest BCUT2D eigenvalue weighted by Gasteiger charge is 2.22. The fourth-order valence-electron chi connectivity index (χ4n) is 3.31. The molecule has 1 heterocycles. The Morgan fingerprint density at radius 1 is 1.24 bits per heavy atom. The highest BCUT2D eigenvalue weighted by atomic mass is 32.2. The standard InChI is InChI=1S/C24H33FN6O5S/c1-14(2)21-19(11-10-17(32)12-18(33)13-20(34)28-23(26)27-3)22(15-6-8-16(25)9-7-15)30-24(29-21)31(4)37(5,35)36/h6-11,14,17-18,32-33H,12-13H2,1-5H3,(H3,26,27,28,34)/t17-,18+/m0/s1. The minimum absolute atomic E-state index is 0.0560. The number of nitrogens with zero attached hydrogens (tertiary/aromatic N) is 4. The molecule has 0 saturated carbocycles. The number of aliphatic imine (C=N–C) groups is 1. The molecule has 11 nitrogen and oxygen atoms in total. The monoisotopic (exact) mass is 536 g/mol. The van der Waals surface area contributed by atoms with E-state index >= 15 is 0 Å². The number of aliphatic hydroxyl groups excluding tert-OH is 2. The van der Waals surface area contributed by atoms with Gasteiger partial charge in [0.15, 0.2) is 5.96 Å². The Balaban J connectivity index is 2.45. The maximum Gasteiger partial charge on any atom is 0.239 e. The Morgan fingerprint density at radius 3 is 2.41 bits per heavy atom. The molecule has 0 spiro atoms. The molecule has 0 radical (unpaired) electrons. The highest BCUT2D eigenvalue weighted by molar-refractivity contribution is 7.92. The predicted octanol–water partition coefficient (Wildman–Crippen LogP) is 1.38. The number of rotatable bonds is 10. The van der Waals surface area contributed by atoms with Crippen LogP contribution < -0.4 is 15.4 Å². The van der Waals surface area contributed by atoms with Gasteiger partial charge in [0, 0.05) is 31.6 Å². The molecule has 13 heteroatoms. The van der Waals surface area contributed by atoms with Crippen LogP contribution in [0.3, 0.4) is 0 Å². The molecule has 0 bridgehead atoms. The zero-order valence-corrected chi connectivity index (χ0v) is 22.2. The maximum atomic E-state index is 13.6. The molecule has 0 fully saturated rings. The Labute approximate surface area is 216 Å². The van der Waals surface area contributed by atoms with Gasteiger partial charge in [-0.05, 0) is 30.2 Å². The highest BCUT2D eigenvalue weighted by Crippen LogP contribution is 2.31. The van der Waals surface area contributed by atoms with E-state index in [1.54, 1.807) is 6.08 Å². The number of amides is 1. The van der Waals surface area contributed by atoms with E-state index in [0.717, 1.165) is 10.6 Å². The molecule has 37 heavy (non-hydrogen) atoms. The first-order chi connectivity index (χ1) is 17.2. The molecule has 2 atom stereocenters. The van der Waals surface area contributed by atoms with E-state index in [9.17, 15) is 27.8 Å². The lowest BCUT2D eigenvalue weighted by Gasteiger charge is -2.20. The minimum atomic E-state index is -3.66. The number of hydrogen-bond donors (Lipinski definition) is 4. The molecule has 202 valence electrons. The number of nitrogens with one attached hydrogen (secondary N) is 1. The van der Waals surface area contributed by atoms with Crippen LogP contribution in [-0.4, -0.2) is 73.0 Å². The number of carbonyl (C=O) groups excluding carboxylic acids is 1. The molecule has 0 unspecified atom stereocenters. The summed E-state index contributed by atoms with van der Waals surface area (Å²) in [6.07, 6.45) is 1.27. The van der Waals surface area contributed by atoms with Crippen molar-refractivity contribution in [3.63, 3.8) is 0 Å². The molecule has 0 aliphatic carbocycles. The van der Waals surface area contributed by atoms with Gasteiger partial charge in [0.2, 0.25) is 21.9 Å². The predicted molar refractivity (Wildman–Crippen MR) is 141 cm³/mol. The number of nitrogens with two attached hydrogens (primary N) is 1. The van der Waals surface area contributed by atoms with Gasteiger partial charge in [-0.3, -0.25) is 15.1 Å². The summed E-state index contributed by atoms with van der Waals surface area (Å²) in [6.45, 7) is 3.73. The summed E-state index contributed by atoms with van der Waals surface area (Å²) in [5.74, 6) is -1.32. The number of aliphatic hydroxyl groups is 2. The molecular formula is C24H33FN6O5S. The largest absolute Gasteiger partial charge is 0.392 e. The Morgan fingerprint density at radius 2 is 1.86 bits per heavy atom. The van der Waals surface area contributed by atoms with Gasteiger partial charge >= 0.3 is 0 Å². The Hall–Kier alpha value is -3.42. The quantitative estimate of drug-likeness (QED) is 0.260. The van der Waals surface area contributed by atoms with Crippen LogP contribution in [0.2, 0.25) is 0 Å². The number of guanidine groups is 1. The van der Waals surface area contributed by atoms with Gasteiger partial charge < -0.3 is 15.9 Å². The van der Waals surface area contributed by atoms with Crippen LogP contribution in [0.1, 0.15) is 43.9 Å². The average Bonchev–Trinajstić information content (AvgIpc) is 2.81. The number of anilines is 1. The van der Waals surface area contributed by atoms with Crippen molar-refractivity contribution in [1.29, 1.82) is 0 Å². The van der Waals surface area contributed by atoms with E-state index in [2.05, 4.69) is 20.3 Å². The van der Waals surface area contributed by atoms with Crippen LogP contribution in [0.15, 0.2) is 35.3 Å². The fraction of sp³-hybridized carbons (Fsp3) is 0.417. The third-order valence-electron chi connectivity index (χ3n) is 5.34. The molecule has 2 aromatic rings. The van der Waals surface area contributed by atoms with Crippen LogP contribution in [0.5, 0.6) is 0 Å². The molecule has 1 aromatic heterocycles. The van der Waals surface area contributed by atoms with E-state index in [-0.39, 0.29) is 30.7 Å². The molecular weight excluding hydrogens is 503 g/mol. The normalized spacial score (nSPS) is 14.1. The number of hydrogen-bond acceptors (Lipinski definition) is 8. The van der Waals surface area contributed by atoms with Crippen molar-refractivity contribution < 1.29 is 27.8 Å². The summed E-state index contributed by atoms with van der Waals surface area (Å²) in [5, 5.41) is 23.0. The summed E-state index contributed by atoms with van der Waals surface area (Å²) in [6, 6.07) is 5.53. The molecule has 0 aliphatic heterocycles. The first kappa shape index (κ1) is 29.8. The third kappa shape index (κ3) is 8.58. The van der Waals surface area contributed by atoms with Crippen LogP contribution >= 0.6 is 0 Å². The zero-order chi connectivity index (χ0) is 27.9. The second-order valence-corrected chi connectivity index (χ2v) is 10.8. The Bertz CT molecular complexity index is 1270. The summed E-state index contributed by atoms with van der Waals surface area (Å²) in [7, 11) is -0.923. The smallest absolute Gasteiger partial charge is 0.239 e. The van der Waals surface area contributed by atoms with Crippen molar-refractivity contribution in [3.05, 3.63) is 47.4 Å². The third-order valence-corrected chi connectivity index (χ3v) is 6.49. The topological polar surface area (TPSA) is 171 Å². The minimum Gasteiger partial charge on any atom is -0.392 e. The van der Waals surface area contributed by atoms with Crippen LogP contribution in [0.25, 0.3) is 17.3 Å². The lowest BCUT2D eigenvalue weighted by Crippen LogP contribution is -2.38. The van der Waals surface area contributed by atoms with E-state index in [0.29, 0.717) is 22.5 Å². The molecule has 5 N–H and O–H groups in total. The van der Waals surface area contributed by atoms with Crippen molar-refractivity contribution in [1.82, 2.24) is 15.3 Å². The summed E-state index contributed by atoms with van der Waals surface area (Å²) in [4.78, 5) is 24.4. The summed E-state index contributed by atoms with van der Waals surface area (Å²) < 4.78 is 38.8. The number of sulfonamides is 1. The van der Waals surface area contributed by atoms with Gasteiger partial charge in [0.05, 0.1) is 36.3 Å². The summed E-state index contributed by atoms with van der Waals surface area (Å²) >= 11 is 0. The van der Waals surface area contributed by atoms with Crippen molar-refractivity contribution in [3.8, 4) is 11.3 Å². The maximum absolute atomic E-state index is 13.6. The summed E-state index contributed by atoms with van der Waals surface area (Å²) in [5.41, 5.74) is 7.26. The van der Waals surface area contributed by atoms with Gasteiger partial charge in [-0.25, -0.2) is 27.1 Å². The molecule has 2 rings (SSSR count). The molecule has 1 aromatic carbocycles. The van der Waals surface area contributed by atoms with Crippen LogP contribution in [0.4, 0.5) is 10.3 Å². The van der Waals surface area contributed by atoms with Crippen molar-refractivity contribution >= 4 is 33.9 Å². The van der Waals surface area contributed by atoms with E-state index < -0.39 is 34.0 Å². The number of aromatic nitrogens is 2. The SMILES string of the molecule is CN=C(N)NC(=O)C[C@H](O)C[C@@H](O)C=Cc1c(-c2ccc(F)cc2)nc(N(C)S(C)(=O)=O)nc1C(C)C. The second-order valence-electron chi connectivity index (χ2n) is 8.74.